The third-order valence-corrected chi connectivity index (χ3v) is 3.82. The van der Waals surface area contributed by atoms with E-state index < -0.39 is 0 Å². The zero-order chi connectivity index (χ0) is 17.5. The summed E-state index contributed by atoms with van der Waals surface area (Å²) in [5, 5.41) is 6.56. The fourth-order valence-corrected chi connectivity index (χ4v) is 2.35. The van der Waals surface area contributed by atoms with E-state index in [0.29, 0.717) is 18.6 Å². The van der Waals surface area contributed by atoms with Crippen molar-refractivity contribution in [3.8, 4) is 0 Å². The topological polar surface area (TPSA) is 64.1 Å². The van der Waals surface area contributed by atoms with Crippen LogP contribution in [-0.2, 0) is 14.2 Å². The Kier molecular flexibility index (Phi) is 12.8. The van der Waals surface area contributed by atoms with E-state index in [1.807, 2.05) is 0 Å². The zero-order valence-corrected chi connectivity index (χ0v) is 15.8. The highest BCUT2D eigenvalue weighted by atomic mass is 16.5. The summed E-state index contributed by atoms with van der Waals surface area (Å²) in [4.78, 5) is 4.58. The summed E-state index contributed by atoms with van der Waals surface area (Å²) in [5.41, 5.74) is 0. The van der Waals surface area contributed by atoms with Gasteiger partial charge in [0.1, 0.15) is 0 Å². The molecule has 0 aromatic carbocycles. The first-order valence-corrected chi connectivity index (χ1v) is 9.51. The van der Waals surface area contributed by atoms with E-state index in [1.54, 1.807) is 0 Å². The number of hydrogen-bond donors (Lipinski definition) is 2. The van der Waals surface area contributed by atoms with E-state index in [-0.39, 0.29) is 0 Å². The molecule has 1 heterocycles. The molecule has 1 fully saturated rings. The molecule has 6 heteroatoms. The van der Waals surface area contributed by atoms with Gasteiger partial charge >= 0.3 is 0 Å². The lowest BCUT2D eigenvalue weighted by Crippen LogP contribution is -2.39. The first-order chi connectivity index (χ1) is 11.7. The molecule has 0 aliphatic carbocycles. The average molecular weight is 344 g/mol. The summed E-state index contributed by atoms with van der Waals surface area (Å²) in [6.07, 6.45) is 4.46. The normalized spacial score (nSPS) is 16.6. The number of rotatable bonds is 12. The minimum absolute atomic E-state index is 0.372. The highest BCUT2D eigenvalue weighted by molar-refractivity contribution is 5.79. The Morgan fingerprint density at radius 2 is 1.96 bits per heavy atom. The van der Waals surface area contributed by atoms with Crippen molar-refractivity contribution in [2.45, 2.75) is 52.6 Å². The molecule has 24 heavy (non-hydrogen) atoms. The molecule has 1 aliphatic rings. The van der Waals surface area contributed by atoms with Gasteiger partial charge in [0.2, 0.25) is 0 Å². The van der Waals surface area contributed by atoms with Gasteiger partial charge in [0.15, 0.2) is 5.96 Å². The molecule has 0 aromatic heterocycles. The Labute approximate surface area is 147 Å². The predicted molar refractivity (Wildman–Crippen MR) is 98.7 cm³/mol. The lowest BCUT2D eigenvalue weighted by molar-refractivity contribution is -0.0318. The van der Waals surface area contributed by atoms with Crippen LogP contribution in [0.4, 0.5) is 0 Å². The van der Waals surface area contributed by atoms with Gasteiger partial charge in [-0.05, 0) is 38.5 Å². The molecule has 0 unspecified atom stereocenters. The summed E-state index contributed by atoms with van der Waals surface area (Å²) < 4.78 is 16.8. The van der Waals surface area contributed by atoms with E-state index in [2.05, 4.69) is 36.4 Å². The van der Waals surface area contributed by atoms with Crippen molar-refractivity contribution in [3.05, 3.63) is 0 Å². The van der Waals surface area contributed by atoms with Crippen molar-refractivity contribution in [3.63, 3.8) is 0 Å². The number of ether oxygens (including phenoxy) is 3. The smallest absolute Gasteiger partial charge is 0.191 e. The molecule has 0 amide bonds. The van der Waals surface area contributed by atoms with E-state index in [0.717, 1.165) is 77.7 Å². The molecule has 6 nitrogen and oxygen atoms in total. The molecule has 2 N–H and O–H groups in total. The van der Waals surface area contributed by atoms with Crippen LogP contribution in [0.3, 0.4) is 0 Å². The van der Waals surface area contributed by atoms with Crippen LogP contribution in [0.5, 0.6) is 0 Å². The van der Waals surface area contributed by atoms with Crippen molar-refractivity contribution in [2.75, 3.05) is 52.7 Å². The van der Waals surface area contributed by atoms with E-state index in [4.69, 9.17) is 14.2 Å². The number of nitrogens with zero attached hydrogens (tertiary/aromatic N) is 1. The summed E-state index contributed by atoms with van der Waals surface area (Å²) in [5.74, 6) is 1.55. The second kappa shape index (κ2) is 14.5. The molecule has 0 atom stereocenters. The Morgan fingerprint density at radius 3 is 2.67 bits per heavy atom. The van der Waals surface area contributed by atoms with Crippen molar-refractivity contribution in [1.82, 2.24) is 10.6 Å². The van der Waals surface area contributed by atoms with Crippen molar-refractivity contribution >= 4 is 5.96 Å². The summed E-state index contributed by atoms with van der Waals surface area (Å²) in [6.45, 7) is 12.9. The quantitative estimate of drug-likeness (QED) is 0.323. The maximum Gasteiger partial charge on any atom is 0.191 e. The SMILES string of the molecule is CCNC(=NCCCOC1CCOCC1)NCCOCCC(C)C. The van der Waals surface area contributed by atoms with Gasteiger partial charge in [-0.1, -0.05) is 13.8 Å². The zero-order valence-electron chi connectivity index (χ0n) is 15.8. The lowest BCUT2D eigenvalue weighted by atomic mass is 10.1. The highest BCUT2D eigenvalue weighted by Gasteiger charge is 2.13. The molecule has 1 saturated heterocycles. The van der Waals surface area contributed by atoms with Gasteiger partial charge in [-0.2, -0.15) is 0 Å². The molecule has 1 aliphatic heterocycles. The minimum Gasteiger partial charge on any atom is -0.381 e. The molecule has 0 bridgehead atoms. The van der Waals surface area contributed by atoms with Crippen LogP contribution in [-0.4, -0.2) is 64.7 Å². The van der Waals surface area contributed by atoms with Crippen molar-refractivity contribution < 1.29 is 14.2 Å². The van der Waals surface area contributed by atoms with Gasteiger partial charge in [-0.25, -0.2) is 0 Å². The molecule has 0 spiro atoms. The molecular weight excluding hydrogens is 306 g/mol. The number of guanidine groups is 1. The third-order valence-electron chi connectivity index (χ3n) is 3.82. The summed E-state index contributed by atoms with van der Waals surface area (Å²) in [7, 11) is 0. The van der Waals surface area contributed by atoms with Gasteiger partial charge in [0.25, 0.3) is 0 Å². The standard InChI is InChI=1S/C18H37N3O3/c1-4-19-18(21-10-15-23-12-6-16(2)3)20-9-5-11-24-17-7-13-22-14-8-17/h16-17H,4-15H2,1-3H3,(H2,19,20,21). The van der Waals surface area contributed by atoms with Gasteiger partial charge in [0.05, 0.1) is 12.7 Å². The Bertz CT molecular complexity index is 319. The van der Waals surface area contributed by atoms with Gasteiger partial charge in [-0.3, -0.25) is 4.99 Å². The van der Waals surface area contributed by atoms with Crippen LogP contribution in [0, 0.1) is 5.92 Å². The number of hydrogen-bond acceptors (Lipinski definition) is 4. The van der Waals surface area contributed by atoms with Gasteiger partial charge < -0.3 is 24.8 Å². The predicted octanol–water partition coefficient (Wildman–Crippen LogP) is 2.19. The number of aliphatic imine (C=N–C) groups is 1. The monoisotopic (exact) mass is 343 g/mol. The largest absolute Gasteiger partial charge is 0.381 e. The number of nitrogens with one attached hydrogen (secondary N) is 2. The summed E-state index contributed by atoms with van der Waals surface area (Å²) >= 11 is 0. The Balaban J connectivity index is 2.05. The van der Waals surface area contributed by atoms with E-state index in [9.17, 15) is 0 Å². The molecule has 0 saturated carbocycles. The van der Waals surface area contributed by atoms with Gasteiger partial charge in [0, 0.05) is 46.1 Å². The maximum atomic E-state index is 5.86. The molecule has 1 rings (SSSR count). The second-order valence-electron chi connectivity index (χ2n) is 6.52. The van der Waals surface area contributed by atoms with E-state index in [1.165, 1.54) is 0 Å². The van der Waals surface area contributed by atoms with Crippen LogP contribution in [0.2, 0.25) is 0 Å². The third kappa shape index (κ3) is 11.6. The fraction of sp³-hybridized carbons (Fsp3) is 0.944. The average Bonchev–Trinajstić information content (AvgIpc) is 2.58. The van der Waals surface area contributed by atoms with Crippen molar-refractivity contribution in [2.24, 2.45) is 10.9 Å². The van der Waals surface area contributed by atoms with E-state index >= 15 is 0 Å². The first-order valence-electron chi connectivity index (χ1n) is 9.51. The Hall–Kier alpha value is -0.850. The van der Waals surface area contributed by atoms with Crippen LogP contribution < -0.4 is 10.6 Å². The van der Waals surface area contributed by atoms with Crippen LogP contribution in [0.25, 0.3) is 0 Å². The Morgan fingerprint density at radius 1 is 1.17 bits per heavy atom. The second-order valence-corrected chi connectivity index (χ2v) is 6.52. The minimum atomic E-state index is 0.372. The molecular formula is C18H37N3O3. The first kappa shape index (κ1) is 21.2. The van der Waals surface area contributed by atoms with Crippen LogP contribution in [0.15, 0.2) is 4.99 Å². The van der Waals surface area contributed by atoms with Crippen LogP contribution >= 0.6 is 0 Å². The molecule has 142 valence electrons. The lowest BCUT2D eigenvalue weighted by Gasteiger charge is -2.22. The fourth-order valence-electron chi connectivity index (χ4n) is 2.35. The molecule has 0 radical (unpaired) electrons. The highest BCUT2D eigenvalue weighted by Crippen LogP contribution is 2.10. The maximum absolute atomic E-state index is 5.86. The van der Waals surface area contributed by atoms with Gasteiger partial charge in [-0.15, -0.1) is 0 Å². The molecule has 0 aromatic rings. The van der Waals surface area contributed by atoms with Crippen LogP contribution in [0.1, 0.15) is 46.5 Å². The van der Waals surface area contributed by atoms with Crippen molar-refractivity contribution in [1.29, 1.82) is 0 Å². The summed E-state index contributed by atoms with van der Waals surface area (Å²) in [6, 6.07) is 0.